The van der Waals surface area contributed by atoms with Crippen molar-refractivity contribution in [2.24, 2.45) is 5.41 Å². The number of rotatable bonds is 10. The van der Waals surface area contributed by atoms with E-state index in [0.717, 1.165) is 12.8 Å². The third-order valence-electron chi connectivity index (χ3n) is 3.31. The summed E-state index contributed by atoms with van der Waals surface area (Å²) >= 11 is 0. The minimum atomic E-state index is -2.68. The van der Waals surface area contributed by atoms with Gasteiger partial charge in [-0.15, -0.1) is 0 Å². The number of hydrogen-bond acceptors (Lipinski definition) is 2. The predicted octanol–water partition coefficient (Wildman–Crippen LogP) is 4.02. The van der Waals surface area contributed by atoms with E-state index >= 15 is 0 Å². The number of aliphatic hydroxyl groups excluding tert-OH is 1. The summed E-state index contributed by atoms with van der Waals surface area (Å²) in [5.74, 6) is -2.68. The summed E-state index contributed by atoms with van der Waals surface area (Å²) in [6, 6.07) is 0. The Labute approximate surface area is 110 Å². The molecule has 0 heterocycles. The molecule has 0 spiro atoms. The van der Waals surface area contributed by atoms with Gasteiger partial charge in [-0.2, -0.15) is 0 Å². The van der Waals surface area contributed by atoms with Gasteiger partial charge in [0.05, 0.1) is 12.7 Å². The maximum absolute atomic E-state index is 13.5. The fraction of sp³-hybridized carbons (Fsp3) is 1.00. The van der Waals surface area contributed by atoms with Crippen molar-refractivity contribution in [2.75, 3.05) is 13.7 Å². The molecule has 0 bridgehead atoms. The lowest BCUT2D eigenvalue weighted by molar-refractivity contribution is -0.0756. The molecular formula is C14H28F2O2. The lowest BCUT2D eigenvalue weighted by Crippen LogP contribution is -2.34. The van der Waals surface area contributed by atoms with Crippen LogP contribution < -0.4 is 0 Å². The van der Waals surface area contributed by atoms with Gasteiger partial charge in [0.25, 0.3) is 0 Å². The van der Waals surface area contributed by atoms with Crippen LogP contribution in [0, 0.1) is 5.41 Å². The quantitative estimate of drug-likeness (QED) is 0.647. The van der Waals surface area contributed by atoms with Gasteiger partial charge in [-0.3, -0.25) is 0 Å². The van der Waals surface area contributed by atoms with E-state index in [9.17, 15) is 13.9 Å². The molecule has 18 heavy (non-hydrogen) atoms. The topological polar surface area (TPSA) is 29.5 Å². The standard InChI is InChI=1S/C14H28F2O2/c1-5-7-8-12(17)9-13(3,11-18-4)10-14(15,16)6-2/h12,17H,5-11H2,1-4H3. The molecule has 0 aromatic rings. The van der Waals surface area contributed by atoms with Crippen LogP contribution in [0.1, 0.15) is 59.3 Å². The molecule has 4 heteroatoms. The molecule has 0 rings (SSSR count). The number of halogens is 2. The molecule has 2 nitrogen and oxygen atoms in total. The van der Waals surface area contributed by atoms with Gasteiger partial charge in [-0.1, -0.05) is 33.6 Å². The van der Waals surface area contributed by atoms with E-state index in [1.54, 1.807) is 6.92 Å². The van der Waals surface area contributed by atoms with Crippen molar-refractivity contribution in [1.82, 2.24) is 0 Å². The number of ether oxygens (including phenoxy) is 1. The lowest BCUT2D eigenvalue weighted by Gasteiger charge is -2.34. The van der Waals surface area contributed by atoms with Gasteiger partial charge < -0.3 is 9.84 Å². The normalized spacial score (nSPS) is 17.5. The summed E-state index contributed by atoms with van der Waals surface area (Å²) < 4.78 is 32.1. The SMILES string of the molecule is CCCCC(O)CC(C)(COC)CC(F)(F)CC. The molecule has 0 saturated carbocycles. The van der Waals surface area contributed by atoms with Crippen molar-refractivity contribution in [1.29, 1.82) is 0 Å². The molecule has 0 aliphatic rings. The second-order valence-electron chi connectivity index (χ2n) is 5.63. The Morgan fingerprint density at radius 1 is 1.28 bits per heavy atom. The van der Waals surface area contributed by atoms with Crippen LogP contribution in [-0.2, 0) is 4.74 Å². The van der Waals surface area contributed by atoms with E-state index in [2.05, 4.69) is 0 Å². The van der Waals surface area contributed by atoms with Crippen LogP contribution in [0.2, 0.25) is 0 Å². The van der Waals surface area contributed by atoms with E-state index < -0.39 is 17.4 Å². The molecule has 0 fully saturated rings. The molecule has 0 aliphatic heterocycles. The molecule has 0 amide bonds. The van der Waals surface area contributed by atoms with Crippen molar-refractivity contribution in [3.8, 4) is 0 Å². The molecule has 2 unspecified atom stereocenters. The number of unbranched alkanes of at least 4 members (excludes halogenated alkanes) is 1. The van der Waals surface area contributed by atoms with Crippen molar-refractivity contribution in [3.63, 3.8) is 0 Å². The van der Waals surface area contributed by atoms with E-state index in [0.29, 0.717) is 12.8 Å². The van der Waals surface area contributed by atoms with Gasteiger partial charge in [0, 0.05) is 20.0 Å². The summed E-state index contributed by atoms with van der Waals surface area (Å²) in [5, 5.41) is 9.91. The molecule has 0 aromatic carbocycles. The first-order valence-electron chi connectivity index (χ1n) is 6.83. The Morgan fingerprint density at radius 3 is 2.33 bits per heavy atom. The van der Waals surface area contributed by atoms with Crippen molar-refractivity contribution in [3.05, 3.63) is 0 Å². The number of alkyl halides is 2. The number of hydrogen-bond donors (Lipinski definition) is 1. The Kier molecular flexibility index (Phi) is 7.95. The molecule has 0 aromatic heterocycles. The Morgan fingerprint density at radius 2 is 1.89 bits per heavy atom. The van der Waals surface area contributed by atoms with Crippen LogP contribution >= 0.6 is 0 Å². The second kappa shape index (κ2) is 8.05. The van der Waals surface area contributed by atoms with E-state index in [4.69, 9.17) is 4.74 Å². The van der Waals surface area contributed by atoms with Crippen LogP contribution in [0.15, 0.2) is 0 Å². The number of methoxy groups -OCH3 is 1. The van der Waals surface area contributed by atoms with E-state index in [-0.39, 0.29) is 19.4 Å². The highest BCUT2D eigenvalue weighted by Crippen LogP contribution is 2.38. The maximum Gasteiger partial charge on any atom is 0.248 e. The average Bonchev–Trinajstić information content (AvgIpc) is 2.25. The van der Waals surface area contributed by atoms with Crippen LogP contribution in [0.5, 0.6) is 0 Å². The molecule has 110 valence electrons. The number of aliphatic hydroxyl groups is 1. The highest BCUT2D eigenvalue weighted by molar-refractivity contribution is 4.83. The fourth-order valence-electron chi connectivity index (χ4n) is 2.39. The highest BCUT2D eigenvalue weighted by atomic mass is 19.3. The lowest BCUT2D eigenvalue weighted by atomic mass is 9.78. The van der Waals surface area contributed by atoms with Crippen LogP contribution in [0.3, 0.4) is 0 Å². The van der Waals surface area contributed by atoms with Crippen LogP contribution in [0.25, 0.3) is 0 Å². The smallest absolute Gasteiger partial charge is 0.248 e. The molecule has 0 aliphatic carbocycles. The fourth-order valence-corrected chi connectivity index (χ4v) is 2.39. The molecule has 2 atom stereocenters. The van der Waals surface area contributed by atoms with Crippen LogP contribution in [0.4, 0.5) is 8.78 Å². The Bertz CT molecular complexity index is 222. The Balaban J connectivity index is 4.50. The summed E-state index contributed by atoms with van der Waals surface area (Å²) in [4.78, 5) is 0. The van der Waals surface area contributed by atoms with Gasteiger partial charge in [0.1, 0.15) is 0 Å². The molecular weight excluding hydrogens is 238 g/mol. The van der Waals surface area contributed by atoms with Gasteiger partial charge in [-0.05, 0) is 18.3 Å². The van der Waals surface area contributed by atoms with Gasteiger partial charge in [0.15, 0.2) is 0 Å². The summed E-state index contributed by atoms with van der Waals surface area (Å²) in [5.41, 5.74) is -0.665. The summed E-state index contributed by atoms with van der Waals surface area (Å²) in [7, 11) is 1.51. The maximum atomic E-state index is 13.5. The first-order chi connectivity index (χ1) is 8.28. The first-order valence-corrected chi connectivity index (χ1v) is 6.83. The van der Waals surface area contributed by atoms with E-state index in [1.807, 2.05) is 6.92 Å². The third-order valence-corrected chi connectivity index (χ3v) is 3.31. The molecule has 0 radical (unpaired) electrons. The van der Waals surface area contributed by atoms with Gasteiger partial charge in [0.2, 0.25) is 5.92 Å². The average molecular weight is 266 g/mol. The third kappa shape index (κ3) is 7.27. The summed E-state index contributed by atoms with van der Waals surface area (Å²) in [6.07, 6.45) is 2.06. The zero-order chi connectivity index (χ0) is 14.2. The Hall–Kier alpha value is -0.220. The van der Waals surface area contributed by atoms with Crippen molar-refractivity contribution < 1.29 is 18.6 Å². The van der Waals surface area contributed by atoms with Crippen molar-refractivity contribution in [2.45, 2.75) is 71.3 Å². The monoisotopic (exact) mass is 266 g/mol. The van der Waals surface area contributed by atoms with Crippen LogP contribution in [-0.4, -0.2) is 30.8 Å². The summed E-state index contributed by atoms with van der Waals surface area (Å²) in [6.45, 7) is 5.56. The zero-order valence-electron chi connectivity index (χ0n) is 12.1. The van der Waals surface area contributed by atoms with E-state index in [1.165, 1.54) is 14.0 Å². The largest absolute Gasteiger partial charge is 0.393 e. The molecule has 0 saturated heterocycles. The van der Waals surface area contributed by atoms with Gasteiger partial charge in [-0.25, -0.2) is 8.78 Å². The minimum Gasteiger partial charge on any atom is -0.393 e. The van der Waals surface area contributed by atoms with Gasteiger partial charge >= 0.3 is 0 Å². The second-order valence-corrected chi connectivity index (χ2v) is 5.63. The van der Waals surface area contributed by atoms with Crippen molar-refractivity contribution >= 4 is 0 Å². The zero-order valence-corrected chi connectivity index (χ0v) is 12.1. The highest BCUT2D eigenvalue weighted by Gasteiger charge is 2.39. The first kappa shape index (κ1) is 17.8. The predicted molar refractivity (Wildman–Crippen MR) is 70.0 cm³/mol. The minimum absolute atomic E-state index is 0.169. The molecule has 1 N–H and O–H groups in total.